The molecule has 0 radical (unpaired) electrons. The zero-order chi connectivity index (χ0) is 13.9. The van der Waals surface area contributed by atoms with Crippen LogP contribution in [0.5, 0.6) is 0 Å². The van der Waals surface area contributed by atoms with Gasteiger partial charge in [-0.25, -0.2) is 4.39 Å². The highest BCUT2D eigenvalue weighted by atomic mass is 19.1. The summed E-state index contributed by atoms with van der Waals surface area (Å²) in [6, 6.07) is 4.67. The minimum absolute atomic E-state index is 0.244. The van der Waals surface area contributed by atoms with Crippen molar-refractivity contribution in [2.45, 2.75) is 39.3 Å². The van der Waals surface area contributed by atoms with E-state index in [2.05, 4.69) is 0 Å². The van der Waals surface area contributed by atoms with E-state index in [1.165, 1.54) is 6.07 Å². The van der Waals surface area contributed by atoms with Crippen LogP contribution in [0.1, 0.15) is 39.3 Å². The summed E-state index contributed by atoms with van der Waals surface area (Å²) in [7, 11) is 0. The van der Waals surface area contributed by atoms with E-state index in [1.54, 1.807) is 19.9 Å². The van der Waals surface area contributed by atoms with Crippen LogP contribution in [-0.2, 0) is 0 Å². The molecule has 0 aromatic heterocycles. The molecule has 102 valence electrons. The third kappa shape index (κ3) is 3.68. The van der Waals surface area contributed by atoms with Gasteiger partial charge in [-0.05, 0) is 39.3 Å². The number of nitrogens with two attached hydrogens (primary N) is 1. The Labute approximate surface area is 108 Å². The maximum absolute atomic E-state index is 14.0. The van der Waals surface area contributed by atoms with Gasteiger partial charge in [0, 0.05) is 19.1 Å². The van der Waals surface area contributed by atoms with Gasteiger partial charge in [0.1, 0.15) is 5.82 Å². The Balaban J connectivity index is 3.19. The first kappa shape index (κ1) is 14.9. The quantitative estimate of drug-likeness (QED) is 0.848. The average Bonchev–Trinajstić information content (AvgIpc) is 2.24. The second kappa shape index (κ2) is 5.67. The van der Waals surface area contributed by atoms with Crippen molar-refractivity contribution in [1.82, 2.24) is 0 Å². The van der Waals surface area contributed by atoms with Crippen LogP contribution in [0.3, 0.4) is 0 Å². The predicted molar refractivity (Wildman–Crippen MR) is 73.2 cm³/mol. The van der Waals surface area contributed by atoms with Gasteiger partial charge in [-0.15, -0.1) is 0 Å². The molecule has 1 atom stereocenters. The molecule has 3 nitrogen and oxygen atoms in total. The third-order valence-electron chi connectivity index (χ3n) is 2.78. The Morgan fingerprint density at radius 3 is 2.50 bits per heavy atom. The lowest BCUT2D eigenvalue weighted by Gasteiger charge is -2.32. The summed E-state index contributed by atoms with van der Waals surface area (Å²) >= 11 is 0. The topological polar surface area (TPSA) is 49.5 Å². The molecule has 0 saturated carbocycles. The van der Waals surface area contributed by atoms with E-state index in [0.717, 1.165) is 5.56 Å². The zero-order valence-electron chi connectivity index (χ0n) is 11.6. The molecule has 1 unspecified atom stereocenters. The molecular weight excluding hydrogens is 231 g/mol. The van der Waals surface area contributed by atoms with Crippen LogP contribution in [0.2, 0.25) is 0 Å². The van der Waals surface area contributed by atoms with Gasteiger partial charge in [0.15, 0.2) is 0 Å². The fourth-order valence-electron chi connectivity index (χ4n) is 2.05. The minimum atomic E-state index is -0.882. The second-order valence-corrected chi connectivity index (χ2v) is 5.29. The van der Waals surface area contributed by atoms with Crippen LogP contribution < -0.4 is 10.6 Å². The molecule has 0 heterocycles. The molecule has 0 aliphatic heterocycles. The number of halogens is 1. The molecule has 4 heteroatoms. The molecule has 18 heavy (non-hydrogen) atoms. The third-order valence-corrected chi connectivity index (χ3v) is 2.78. The van der Waals surface area contributed by atoms with Crippen LogP contribution in [-0.4, -0.2) is 23.8 Å². The number of benzene rings is 1. The van der Waals surface area contributed by atoms with Gasteiger partial charge >= 0.3 is 0 Å². The van der Waals surface area contributed by atoms with Crippen molar-refractivity contribution in [2.24, 2.45) is 5.73 Å². The first-order valence-electron chi connectivity index (χ1n) is 6.27. The molecule has 0 spiro atoms. The van der Waals surface area contributed by atoms with Crippen molar-refractivity contribution < 1.29 is 9.50 Å². The molecule has 3 N–H and O–H groups in total. The van der Waals surface area contributed by atoms with E-state index >= 15 is 0 Å². The predicted octanol–water partition coefficient (Wildman–Crippen LogP) is 2.44. The average molecular weight is 254 g/mol. The van der Waals surface area contributed by atoms with Crippen molar-refractivity contribution in [3.8, 4) is 0 Å². The lowest BCUT2D eigenvalue weighted by molar-refractivity contribution is 0.0874. The SMILES string of the molecule is CCN(CC(C)(C)O)c1c(F)cccc1C(C)N. The summed E-state index contributed by atoms with van der Waals surface area (Å²) in [5, 5.41) is 9.91. The maximum Gasteiger partial charge on any atom is 0.146 e. The van der Waals surface area contributed by atoms with Gasteiger partial charge in [0.05, 0.1) is 11.3 Å². The Morgan fingerprint density at radius 2 is 2.06 bits per heavy atom. The number of likely N-dealkylation sites (N-methyl/N-ethyl adjacent to an activating group) is 1. The molecule has 0 saturated heterocycles. The Hall–Kier alpha value is -1.13. The van der Waals surface area contributed by atoms with Gasteiger partial charge < -0.3 is 15.7 Å². The van der Waals surface area contributed by atoms with Crippen molar-refractivity contribution in [3.63, 3.8) is 0 Å². The van der Waals surface area contributed by atoms with E-state index in [0.29, 0.717) is 18.8 Å². The van der Waals surface area contributed by atoms with Crippen molar-refractivity contribution in [2.75, 3.05) is 18.0 Å². The maximum atomic E-state index is 14.0. The number of nitrogens with zero attached hydrogens (tertiary/aromatic N) is 1. The Bertz CT molecular complexity index is 399. The zero-order valence-corrected chi connectivity index (χ0v) is 11.6. The van der Waals surface area contributed by atoms with E-state index in [1.807, 2.05) is 24.8 Å². The highest BCUT2D eigenvalue weighted by molar-refractivity contribution is 5.56. The van der Waals surface area contributed by atoms with Crippen molar-refractivity contribution in [1.29, 1.82) is 0 Å². The molecule has 0 bridgehead atoms. The number of para-hydroxylation sites is 1. The van der Waals surface area contributed by atoms with Gasteiger partial charge in [0.2, 0.25) is 0 Å². The summed E-state index contributed by atoms with van der Waals surface area (Å²) in [6.45, 7) is 8.16. The van der Waals surface area contributed by atoms with E-state index in [9.17, 15) is 9.50 Å². The number of hydrogen-bond donors (Lipinski definition) is 2. The lowest BCUT2D eigenvalue weighted by Crippen LogP contribution is -2.39. The van der Waals surface area contributed by atoms with Crippen LogP contribution in [0.15, 0.2) is 18.2 Å². The summed E-state index contributed by atoms with van der Waals surface area (Å²) in [6.07, 6.45) is 0. The number of anilines is 1. The minimum Gasteiger partial charge on any atom is -0.389 e. The second-order valence-electron chi connectivity index (χ2n) is 5.29. The van der Waals surface area contributed by atoms with Crippen LogP contribution >= 0.6 is 0 Å². The Kier molecular flexibility index (Phi) is 4.71. The molecule has 0 aliphatic rings. The first-order chi connectivity index (χ1) is 8.26. The fraction of sp³-hybridized carbons (Fsp3) is 0.571. The fourth-order valence-corrected chi connectivity index (χ4v) is 2.05. The normalized spacial score (nSPS) is 13.5. The van der Waals surface area contributed by atoms with Crippen molar-refractivity contribution in [3.05, 3.63) is 29.6 Å². The molecule has 1 aromatic carbocycles. The first-order valence-corrected chi connectivity index (χ1v) is 6.27. The monoisotopic (exact) mass is 254 g/mol. The van der Waals surface area contributed by atoms with E-state index in [4.69, 9.17) is 5.73 Å². The molecule has 0 amide bonds. The highest BCUT2D eigenvalue weighted by Gasteiger charge is 2.22. The number of hydrogen-bond acceptors (Lipinski definition) is 3. The van der Waals surface area contributed by atoms with Crippen LogP contribution in [0, 0.1) is 5.82 Å². The molecule has 1 aromatic rings. The molecule has 1 rings (SSSR count). The van der Waals surface area contributed by atoms with E-state index in [-0.39, 0.29) is 11.9 Å². The van der Waals surface area contributed by atoms with E-state index < -0.39 is 5.60 Å². The van der Waals surface area contributed by atoms with Gasteiger partial charge in [-0.2, -0.15) is 0 Å². The van der Waals surface area contributed by atoms with Crippen LogP contribution in [0.25, 0.3) is 0 Å². The molecule has 0 aliphatic carbocycles. The smallest absolute Gasteiger partial charge is 0.146 e. The largest absolute Gasteiger partial charge is 0.389 e. The summed E-state index contributed by atoms with van der Waals surface area (Å²) < 4.78 is 14.0. The number of rotatable bonds is 5. The van der Waals surface area contributed by atoms with Gasteiger partial charge in [0.25, 0.3) is 0 Å². The lowest BCUT2D eigenvalue weighted by atomic mass is 10.0. The Morgan fingerprint density at radius 1 is 1.44 bits per heavy atom. The summed E-state index contributed by atoms with van der Waals surface area (Å²) in [5.74, 6) is -0.295. The molecule has 0 fully saturated rings. The highest BCUT2D eigenvalue weighted by Crippen LogP contribution is 2.29. The van der Waals surface area contributed by atoms with Crippen molar-refractivity contribution >= 4 is 5.69 Å². The standard InChI is InChI=1S/C14H23FN2O/c1-5-17(9-14(3,4)18)13-11(10(2)16)7-6-8-12(13)15/h6-8,10,18H,5,9,16H2,1-4H3. The number of aliphatic hydroxyl groups is 1. The van der Waals surface area contributed by atoms with Gasteiger partial charge in [-0.1, -0.05) is 12.1 Å². The summed E-state index contributed by atoms with van der Waals surface area (Å²) in [4.78, 5) is 1.83. The summed E-state index contributed by atoms with van der Waals surface area (Å²) in [5.41, 5.74) is 6.26. The van der Waals surface area contributed by atoms with Crippen LogP contribution in [0.4, 0.5) is 10.1 Å². The molecular formula is C14H23FN2O. The van der Waals surface area contributed by atoms with Gasteiger partial charge in [-0.3, -0.25) is 0 Å².